The van der Waals surface area contributed by atoms with Crippen LogP contribution in [0.4, 0.5) is 0 Å². The molecule has 1 N–H and O–H groups in total. The Bertz CT molecular complexity index is 1150. The second-order valence-electron chi connectivity index (χ2n) is 7.53. The summed E-state index contributed by atoms with van der Waals surface area (Å²) < 4.78 is 33.4. The summed E-state index contributed by atoms with van der Waals surface area (Å²) >= 11 is 1.52. The fourth-order valence-corrected chi connectivity index (χ4v) is 6.04. The lowest BCUT2D eigenvalue weighted by Crippen LogP contribution is -2.36. The van der Waals surface area contributed by atoms with Crippen LogP contribution < -0.4 is 5.32 Å². The van der Waals surface area contributed by atoms with E-state index in [2.05, 4.69) is 10.3 Å². The maximum Gasteiger partial charge on any atom is 0.243 e. The summed E-state index contributed by atoms with van der Waals surface area (Å²) in [6, 6.07) is 10.7. The lowest BCUT2D eigenvalue weighted by molar-refractivity contribution is -0.120. The summed E-state index contributed by atoms with van der Waals surface area (Å²) in [7, 11) is -3.57. The zero-order valence-corrected chi connectivity index (χ0v) is 19.0. The van der Waals surface area contributed by atoms with Crippen molar-refractivity contribution in [3.05, 3.63) is 58.8 Å². The van der Waals surface area contributed by atoms with Gasteiger partial charge in [0.05, 0.1) is 21.9 Å². The SMILES string of the molecule is Cc1oc(-c2cccs2)nc1CC(=O)NCc1ccccc1S(=O)(=O)N1CCCCC1. The molecule has 0 saturated carbocycles. The van der Waals surface area contributed by atoms with Crippen molar-refractivity contribution in [2.75, 3.05) is 13.1 Å². The van der Waals surface area contributed by atoms with Gasteiger partial charge in [0.25, 0.3) is 0 Å². The van der Waals surface area contributed by atoms with Gasteiger partial charge in [-0.3, -0.25) is 4.79 Å². The molecule has 3 heterocycles. The van der Waals surface area contributed by atoms with E-state index < -0.39 is 10.0 Å². The van der Waals surface area contributed by atoms with Crippen LogP contribution in [0.2, 0.25) is 0 Å². The van der Waals surface area contributed by atoms with Crippen molar-refractivity contribution in [1.82, 2.24) is 14.6 Å². The van der Waals surface area contributed by atoms with Crippen LogP contribution in [0, 0.1) is 6.92 Å². The molecule has 0 spiro atoms. The number of sulfonamides is 1. The number of amides is 1. The van der Waals surface area contributed by atoms with Crippen molar-refractivity contribution in [3.63, 3.8) is 0 Å². The van der Waals surface area contributed by atoms with E-state index in [-0.39, 0.29) is 23.8 Å². The Morgan fingerprint density at radius 1 is 1.16 bits per heavy atom. The van der Waals surface area contributed by atoms with Crippen LogP contribution in [-0.4, -0.2) is 36.7 Å². The highest BCUT2D eigenvalue weighted by Crippen LogP contribution is 2.26. The molecule has 2 aromatic heterocycles. The summed E-state index contributed by atoms with van der Waals surface area (Å²) in [6.45, 7) is 3.01. The Kier molecular flexibility index (Phi) is 6.54. The van der Waals surface area contributed by atoms with E-state index in [0.717, 1.165) is 24.1 Å². The number of aryl methyl sites for hydroxylation is 1. The van der Waals surface area contributed by atoms with Crippen LogP contribution in [0.25, 0.3) is 10.8 Å². The molecule has 3 aromatic rings. The number of nitrogens with zero attached hydrogens (tertiary/aromatic N) is 2. The van der Waals surface area contributed by atoms with E-state index in [1.54, 1.807) is 35.5 Å². The third kappa shape index (κ3) is 4.89. The predicted octanol–water partition coefficient (Wildman–Crippen LogP) is 3.75. The quantitative estimate of drug-likeness (QED) is 0.581. The first-order valence-corrected chi connectivity index (χ1v) is 12.6. The highest BCUT2D eigenvalue weighted by Gasteiger charge is 2.28. The molecule has 1 aliphatic rings. The summed E-state index contributed by atoms with van der Waals surface area (Å²) in [4.78, 5) is 18.2. The first-order chi connectivity index (χ1) is 14.9. The largest absolute Gasteiger partial charge is 0.440 e. The van der Waals surface area contributed by atoms with E-state index in [1.807, 2.05) is 17.5 Å². The van der Waals surface area contributed by atoms with Gasteiger partial charge in [-0.1, -0.05) is 30.7 Å². The van der Waals surface area contributed by atoms with Crippen molar-refractivity contribution < 1.29 is 17.6 Å². The van der Waals surface area contributed by atoms with Gasteiger partial charge in [-0.15, -0.1) is 11.3 Å². The summed E-state index contributed by atoms with van der Waals surface area (Å²) in [5, 5.41) is 4.77. The van der Waals surface area contributed by atoms with E-state index >= 15 is 0 Å². The second-order valence-corrected chi connectivity index (χ2v) is 10.4. The Morgan fingerprint density at radius 2 is 1.94 bits per heavy atom. The van der Waals surface area contributed by atoms with Gasteiger partial charge in [-0.05, 0) is 42.8 Å². The molecule has 9 heteroatoms. The zero-order valence-electron chi connectivity index (χ0n) is 17.3. The minimum atomic E-state index is -3.57. The van der Waals surface area contributed by atoms with Crippen molar-refractivity contribution in [3.8, 4) is 10.8 Å². The Morgan fingerprint density at radius 3 is 2.68 bits per heavy atom. The average molecular weight is 460 g/mol. The van der Waals surface area contributed by atoms with Crippen LogP contribution in [-0.2, 0) is 27.8 Å². The number of hydrogen-bond donors (Lipinski definition) is 1. The molecule has 1 aromatic carbocycles. The minimum Gasteiger partial charge on any atom is -0.440 e. The van der Waals surface area contributed by atoms with Gasteiger partial charge in [-0.2, -0.15) is 4.31 Å². The Labute approximate surface area is 186 Å². The van der Waals surface area contributed by atoms with Crippen LogP contribution in [0.3, 0.4) is 0 Å². The highest BCUT2D eigenvalue weighted by atomic mass is 32.2. The molecule has 0 unspecified atom stereocenters. The lowest BCUT2D eigenvalue weighted by atomic mass is 10.2. The van der Waals surface area contributed by atoms with Crippen molar-refractivity contribution >= 4 is 27.3 Å². The van der Waals surface area contributed by atoms with Crippen LogP contribution >= 0.6 is 11.3 Å². The second kappa shape index (κ2) is 9.33. The van der Waals surface area contributed by atoms with E-state index in [1.165, 1.54) is 11.3 Å². The summed E-state index contributed by atoms with van der Waals surface area (Å²) in [5.41, 5.74) is 1.16. The molecule has 4 rings (SSSR count). The van der Waals surface area contributed by atoms with Crippen molar-refractivity contribution in [1.29, 1.82) is 0 Å². The number of carbonyl (C=O) groups is 1. The zero-order chi connectivity index (χ0) is 21.8. The molecular weight excluding hydrogens is 434 g/mol. The first kappa shape index (κ1) is 21.7. The molecule has 0 radical (unpaired) electrons. The monoisotopic (exact) mass is 459 g/mol. The summed E-state index contributed by atoms with van der Waals surface area (Å²) in [6.07, 6.45) is 2.88. The molecule has 31 heavy (non-hydrogen) atoms. The molecule has 0 bridgehead atoms. The number of nitrogens with one attached hydrogen (secondary N) is 1. The molecule has 0 atom stereocenters. The molecule has 1 aliphatic heterocycles. The number of benzene rings is 1. The predicted molar refractivity (Wildman–Crippen MR) is 119 cm³/mol. The molecule has 7 nitrogen and oxygen atoms in total. The Balaban J connectivity index is 1.44. The van der Waals surface area contributed by atoms with Gasteiger partial charge in [-0.25, -0.2) is 13.4 Å². The molecule has 0 aliphatic carbocycles. The van der Waals surface area contributed by atoms with E-state index in [9.17, 15) is 13.2 Å². The van der Waals surface area contributed by atoms with E-state index in [4.69, 9.17) is 4.42 Å². The molecular formula is C22H25N3O4S2. The minimum absolute atomic E-state index is 0.0712. The van der Waals surface area contributed by atoms with Crippen LogP contribution in [0.5, 0.6) is 0 Å². The maximum atomic E-state index is 13.1. The molecule has 1 fully saturated rings. The number of piperidine rings is 1. The number of rotatable bonds is 7. The topological polar surface area (TPSA) is 92.5 Å². The summed E-state index contributed by atoms with van der Waals surface area (Å²) in [5.74, 6) is 0.874. The maximum absolute atomic E-state index is 13.1. The van der Waals surface area contributed by atoms with E-state index in [0.29, 0.717) is 36.0 Å². The number of hydrogen-bond acceptors (Lipinski definition) is 6. The fourth-order valence-electron chi connectivity index (χ4n) is 3.65. The third-order valence-electron chi connectivity index (χ3n) is 5.33. The normalized spacial score (nSPS) is 15.1. The number of oxazole rings is 1. The molecule has 164 valence electrons. The lowest BCUT2D eigenvalue weighted by Gasteiger charge is -2.26. The highest BCUT2D eigenvalue weighted by molar-refractivity contribution is 7.89. The average Bonchev–Trinajstić information content (AvgIpc) is 3.43. The molecule has 1 saturated heterocycles. The number of aromatic nitrogens is 1. The first-order valence-electron chi connectivity index (χ1n) is 10.3. The standard InChI is InChI=1S/C22H25N3O4S2/c1-16-18(24-22(29-16)19-9-7-13-30-19)14-21(26)23-15-17-8-3-4-10-20(17)31(27,28)25-11-5-2-6-12-25/h3-4,7-10,13H,2,5-6,11-12,14-15H2,1H3,(H,23,26). The molecule has 1 amide bonds. The third-order valence-corrected chi connectivity index (χ3v) is 8.19. The number of carbonyl (C=O) groups excluding carboxylic acids is 1. The van der Waals surface area contributed by atoms with Gasteiger partial charge in [0.15, 0.2) is 0 Å². The van der Waals surface area contributed by atoms with Crippen LogP contribution in [0.1, 0.15) is 36.3 Å². The fraction of sp³-hybridized carbons (Fsp3) is 0.364. The van der Waals surface area contributed by atoms with Crippen LogP contribution in [0.15, 0.2) is 51.1 Å². The van der Waals surface area contributed by atoms with Crippen molar-refractivity contribution in [2.24, 2.45) is 0 Å². The van der Waals surface area contributed by atoms with Gasteiger partial charge < -0.3 is 9.73 Å². The Hall–Kier alpha value is -2.49. The van der Waals surface area contributed by atoms with Gasteiger partial charge >= 0.3 is 0 Å². The van der Waals surface area contributed by atoms with Gasteiger partial charge in [0.1, 0.15) is 5.76 Å². The van der Waals surface area contributed by atoms with Crippen molar-refractivity contribution in [2.45, 2.75) is 44.0 Å². The number of thiophene rings is 1. The van der Waals surface area contributed by atoms with Gasteiger partial charge in [0.2, 0.25) is 21.8 Å². The smallest absolute Gasteiger partial charge is 0.243 e. The van der Waals surface area contributed by atoms with Gasteiger partial charge in [0, 0.05) is 19.6 Å².